The molecule has 0 saturated carbocycles. The molecule has 0 radical (unpaired) electrons. The second-order valence-electron chi connectivity index (χ2n) is 1.73. The van der Waals surface area contributed by atoms with Crippen molar-refractivity contribution in [1.82, 2.24) is 0 Å². The van der Waals surface area contributed by atoms with Crippen molar-refractivity contribution in [2.75, 3.05) is 12.4 Å². The molecule has 0 saturated heterocycles. The molecule has 1 unspecified atom stereocenters. The molecule has 0 fully saturated rings. The molecule has 6 heteroatoms. The van der Waals surface area contributed by atoms with Gasteiger partial charge < -0.3 is 9.42 Å². The Kier molecular flexibility index (Phi) is 13.7. The molecule has 0 heterocycles. The summed E-state index contributed by atoms with van der Waals surface area (Å²) in [6, 6.07) is 0. The Morgan fingerprint density at radius 3 is 2.67 bits per heavy atom. The van der Waals surface area contributed by atoms with E-state index in [0.29, 0.717) is 12.4 Å². The molecular weight excluding hydrogens is 238 g/mol. The molecule has 0 aromatic carbocycles. The first kappa shape index (κ1) is 16.7. The molecule has 0 aliphatic heterocycles. The third-order valence-electron chi connectivity index (χ3n) is 0.852. The average Bonchev–Trinajstić information content (AvgIpc) is 1.87. The van der Waals surface area contributed by atoms with E-state index >= 15 is 0 Å². The fourth-order valence-electron chi connectivity index (χ4n) is 0.426. The summed E-state index contributed by atoms with van der Waals surface area (Å²) in [5, 5.41) is 0. The van der Waals surface area contributed by atoms with Crippen LogP contribution in [0.5, 0.6) is 0 Å². The van der Waals surface area contributed by atoms with E-state index in [-0.39, 0.29) is 51.4 Å². The van der Waals surface area contributed by atoms with E-state index in [1.54, 1.807) is 6.92 Å². The normalized spacial score (nSPS) is 15.6. The standard InChI is InChI=1S/C6H13O2PS2.K/c1-3-5-6-11-9(7,10)8-4-2;/h3,5H,4,6H2,1-2H3,(H,7,10);/q;+1/p-1. The Morgan fingerprint density at radius 2 is 2.25 bits per heavy atom. The van der Waals surface area contributed by atoms with Crippen LogP contribution in [0.15, 0.2) is 12.2 Å². The van der Waals surface area contributed by atoms with E-state index in [2.05, 4.69) is 0 Å². The van der Waals surface area contributed by atoms with E-state index in [9.17, 15) is 4.89 Å². The van der Waals surface area contributed by atoms with Gasteiger partial charge in [0.1, 0.15) is 0 Å². The van der Waals surface area contributed by atoms with Crippen LogP contribution in [0.2, 0.25) is 0 Å². The smallest absolute Gasteiger partial charge is 0.793 e. The van der Waals surface area contributed by atoms with E-state index in [4.69, 9.17) is 16.3 Å². The van der Waals surface area contributed by atoms with Gasteiger partial charge in [0.2, 0.25) is 0 Å². The molecule has 0 spiro atoms. The predicted octanol–water partition coefficient (Wildman–Crippen LogP) is -1.08. The van der Waals surface area contributed by atoms with Gasteiger partial charge in [0.15, 0.2) is 0 Å². The number of allylic oxidation sites excluding steroid dienone is 1. The summed E-state index contributed by atoms with van der Waals surface area (Å²) in [7, 11) is 0. The minimum Gasteiger partial charge on any atom is -0.793 e. The van der Waals surface area contributed by atoms with Gasteiger partial charge in [-0.1, -0.05) is 24.0 Å². The first-order chi connectivity index (χ1) is 5.12. The van der Waals surface area contributed by atoms with E-state index in [0.717, 1.165) is 0 Å². The minimum absolute atomic E-state index is 0. The molecule has 0 amide bonds. The first-order valence-corrected chi connectivity index (χ1v) is 7.56. The van der Waals surface area contributed by atoms with Crippen molar-refractivity contribution in [3.05, 3.63) is 12.2 Å². The SMILES string of the molecule is CC=CCSP([O-])(=S)OCC.[K+]. The van der Waals surface area contributed by atoms with Crippen LogP contribution in [-0.4, -0.2) is 12.4 Å². The van der Waals surface area contributed by atoms with Crippen LogP contribution < -0.4 is 56.3 Å². The average molecular weight is 250 g/mol. The minimum atomic E-state index is -2.77. The van der Waals surface area contributed by atoms with Crippen LogP contribution in [0.1, 0.15) is 13.8 Å². The molecule has 66 valence electrons. The maximum Gasteiger partial charge on any atom is 1.00 e. The molecule has 0 bridgehead atoms. The van der Waals surface area contributed by atoms with Crippen molar-refractivity contribution in [3.8, 4) is 0 Å². The van der Waals surface area contributed by atoms with Gasteiger partial charge in [-0.3, -0.25) is 0 Å². The molecule has 2 nitrogen and oxygen atoms in total. The predicted molar refractivity (Wildman–Crippen MR) is 53.2 cm³/mol. The number of rotatable bonds is 5. The van der Waals surface area contributed by atoms with Crippen LogP contribution in [-0.2, 0) is 16.3 Å². The molecule has 0 N–H and O–H groups in total. The fourth-order valence-corrected chi connectivity index (χ4v) is 3.49. The maximum atomic E-state index is 11.2. The van der Waals surface area contributed by atoms with Gasteiger partial charge in [0.05, 0.1) is 0 Å². The molecule has 1 atom stereocenters. The monoisotopic (exact) mass is 250 g/mol. The Morgan fingerprint density at radius 1 is 1.67 bits per heavy atom. The molecule has 0 aromatic heterocycles. The van der Waals surface area contributed by atoms with Gasteiger partial charge in [-0.05, 0) is 13.8 Å². The zero-order valence-electron chi connectivity index (χ0n) is 7.65. The molecule has 12 heavy (non-hydrogen) atoms. The summed E-state index contributed by atoms with van der Waals surface area (Å²) in [6.07, 6.45) is 3.80. The molecule has 0 aliphatic carbocycles. The first-order valence-electron chi connectivity index (χ1n) is 3.33. The number of hydrogen-bond donors (Lipinski definition) is 0. The van der Waals surface area contributed by atoms with Crippen molar-refractivity contribution in [3.63, 3.8) is 0 Å². The summed E-state index contributed by atoms with van der Waals surface area (Å²) in [6.45, 7) is 4.12. The zero-order chi connectivity index (χ0) is 8.74. The maximum absolute atomic E-state index is 11.2. The summed E-state index contributed by atoms with van der Waals surface area (Å²) in [5.74, 6) is 0.664. The summed E-state index contributed by atoms with van der Waals surface area (Å²) >= 11 is 5.91. The Labute approximate surface area is 126 Å². The quantitative estimate of drug-likeness (QED) is 0.353. The van der Waals surface area contributed by atoms with Gasteiger partial charge in [0, 0.05) is 18.1 Å². The van der Waals surface area contributed by atoms with Crippen LogP contribution in [0, 0.1) is 0 Å². The zero-order valence-corrected chi connectivity index (χ0v) is 13.3. The van der Waals surface area contributed by atoms with Crippen LogP contribution in [0.25, 0.3) is 0 Å². The van der Waals surface area contributed by atoms with Crippen LogP contribution in [0.3, 0.4) is 0 Å². The fraction of sp³-hybridized carbons (Fsp3) is 0.667. The van der Waals surface area contributed by atoms with Crippen molar-refractivity contribution < 1.29 is 60.8 Å². The topological polar surface area (TPSA) is 32.3 Å². The van der Waals surface area contributed by atoms with Crippen molar-refractivity contribution in [1.29, 1.82) is 0 Å². The van der Waals surface area contributed by atoms with Gasteiger partial charge >= 0.3 is 51.4 Å². The second-order valence-corrected chi connectivity index (χ2v) is 7.83. The van der Waals surface area contributed by atoms with E-state index < -0.39 is 5.69 Å². The molecular formula is C6H12KO2PS2. The van der Waals surface area contributed by atoms with Gasteiger partial charge in [-0.15, -0.1) is 11.4 Å². The van der Waals surface area contributed by atoms with E-state index in [1.165, 1.54) is 11.4 Å². The Hall–Kier alpha value is 2.30. The summed E-state index contributed by atoms with van der Waals surface area (Å²) in [4.78, 5) is 11.2. The summed E-state index contributed by atoms with van der Waals surface area (Å²) < 4.78 is 4.88. The van der Waals surface area contributed by atoms with Crippen LogP contribution >= 0.6 is 17.1 Å². The third-order valence-corrected chi connectivity index (χ3v) is 5.06. The van der Waals surface area contributed by atoms with Crippen molar-refractivity contribution in [2.24, 2.45) is 0 Å². The molecule has 0 aliphatic rings. The molecule has 0 aromatic rings. The van der Waals surface area contributed by atoms with Crippen molar-refractivity contribution in [2.45, 2.75) is 13.8 Å². The van der Waals surface area contributed by atoms with Crippen molar-refractivity contribution >= 4 is 28.9 Å². The van der Waals surface area contributed by atoms with Crippen LogP contribution in [0.4, 0.5) is 0 Å². The Bertz CT molecular complexity index is 175. The third kappa shape index (κ3) is 10.4. The van der Waals surface area contributed by atoms with E-state index in [1.807, 2.05) is 19.1 Å². The van der Waals surface area contributed by atoms with Gasteiger partial charge in [-0.2, -0.15) is 0 Å². The Balaban J connectivity index is 0. The molecule has 0 rings (SSSR count). The largest absolute Gasteiger partial charge is 1.00 e. The van der Waals surface area contributed by atoms with Gasteiger partial charge in [-0.25, -0.2) is 0 Å². The summed E-state index contributed by atoms with van der Waals surface area (Å²) in [5.41, 5.74) is -2.77. The van der Waals surface area contributed by atoms with Gasteiger partial charge in [0.25, 0.3) is 0 Å². The number of hydrogen-bond acceptors (Lipinski definition) is 4. The second kappa shape index (κ2) is 9.84.